The summed E-state index contributed by atoms with van der Waals surface area (Å²) in [4.78, 5) is 0. The first-order valence-corrected chi connectivity index (χ1v) is 7.49. The third kappa shape index (κ3) is 2.57. The second kappa shape index (κ2) is 4.71. The number of nitrogens with one attached hydrogen (secondary N) is 1. The highest BCUT2D eigenvalue weighted by atomic mass is 16.7. The van der Waals surface area contributed by atoms with Gasteiger partial charge in [-0.1, -0.05) is 6.07 Å². The zero-order valence-corrected chi connectivity index (χ0v) is 11.2. The Balaban J connectivity index is 1.32. The fraction of sp³-hybridized carbons (Fsp3) is 0.625. The van der Waals surface area contributed by atoms with Crippen molar-refractivity contribution in [2.24, 2.45) is 17.8 Å². The van der Waals surface area contributed by atoms with Gasteiger partial charge in [0.1, 0.15) is 0 Å². The lowest BCUT2D eigenvalue weighted by molar-refractivity contribution is 0.174. The van der Waals surface area contributed by atoms with Crippen molar-refractivity contribution in [3.05, 3.63) is 23.8 Å². The Morgan fingerprint density at radius 3 is 2.53 bits per heavy atom. The summed E-state index contributed by atoms with van der Waals surface area (Å²) >= 11 is 0. The Hall–Kier alpha value is -1.22. The SMILES string of the molecule is c1cc2c(cc1CNCC(C1CC1)C1CC1)OCO2. The van der Waals surface area contributed by atoms with Crippen molar-refractivity contribution in [3.8, 4) is 11.5 Å². The molecule has 1 heterocycles. The predicted molar refractivity (Wildman–Crippen MR) is 73.2 cm³/mol. The molecule has 0 unspecified atom stereocenters. The second-order valence-electron chi connectivity index (χ2n) is 6.16. The Bertz CT molecular complexity index is 454. The second-order valence-corrected chi connectivity index (χ2v) is 6.16. The molecule has 3 heteroatoms. The highest BCUT2D eigenvalue weighted by Crippen LogP contribution is 2.48. The van der Waals surface area contributed by atoms with Crippen LogP contribution in [-0.4, -0.2) is 13.3 Å². The van der Waals surface area contributed by atoms with Gasteiger partial charge in [-0.25, -0.2) is 0 Å². The molecule has 0 aromatic heterocycles. The van der Waals surface area contributed by atoms with Gasteiger partial charge in [0.15, 0.2) is 11.5 Å². The van der Waals surface area contributed by atoms with Crippen molar-refractivity contribution in [1.29, 1.82) is 0 Å². The molecule has 1 aromatic carbocycles. The summed E-state index contributed by atoms with van der Waals surface area (Å²) in [5.41, 5.74) is 1.29. The largest absolute Gasteiger partial charge is 0.454 e. The Morgan fingerprint density at radius 2 is 1.79 bits per heavy atom. The summed E-state index contributed by atoms with van der Waals surface area (Å²) < 4.78 is 10.7. The monoisotopic (exact) mass is 259 g/mol. The average molecular weight is 259 g/mol. The van der Waals surface area contributed by atoms with E-state index >= 15 is 0 Å². The standard InChI is InChI=1S/C16H21NO2/c1-6-15-16(19-10-18-15)7-11(1)8-17-9-14(12-2-3-12)13-4-5-13/h1,6-7,12-14,17H,2-5,8-10H2. The Kier molecular flexibility index (Phi) is 2.87. The molecular formula is C16H21NO2. The summed E-state index contributed by atoms with van der Waals surface area (Å²) in [7, 11) is 0. The van der Waals surface area contributed by atoms with Crippen molar-refractivity contribution in [1.82, 2.24) is 5.32 Å². The van der Waals surface area contributed by atoms with Crippen molar-refractivity contribution < 1.29 is 9.47 Å². The maximum atomic E-state index is 5.41. The molecule has 3 nitrogen and oxygen atoms in total. The van der Waals surface area contributed by atoms with Gasteiger partial charge in [0.2, 0.25) is 6.79 Å². The van der Waals surface area contributed by atoms with E-state index < -0.39 is 0 Å². The summed E-state index contributed by atoms with van der Waals surface area (Å²) in [6.07, 6.45) is 5.86. The maximum Gasteiger partial charge on any atom is 0.231 e. The summed E-state index contributed by atoms with van der Waals surface area (Å²) in [5, 5.41) is 3.64. The highest BCUT2D eigenvalue weighted by molar-refractivity contribution is 5.44. The fourth-order valence-electron chi connectivity index (χ4n) is 3.20. The number of benzene rings is 1. The zero-order valence-electron chi connectivity index (χ0n) is 11.2. The molecule has 0 atom stereocenters. The van der Waals surface area contributed by atoms with Gasteiger partial charge in [-0.05, 0) is 67.7 Å². The molecule has 19 heavy (non-hydrogen) atoms. The van der Waals surface area contributed by atoms with E-state index in [0.717, 1.165) is 35.8 Å². The number of fused-ring (bicyclic) bond motifs is 1. The first kappa shape index (κ1) is 11.6. The molecule has 0 amide bonds. The van der Waals surface area contributed by atoms with Crippen LogP contribution in [0.5, 0.6) is 11.5 Å². The van der Waals surface area contributed by atoms with Gasteiger partial charge in [0.25, 0.3) is 0 Å². The molecule has 2 fully saturated rings. The topological polar surface area (TPSA) is 30.5 Å². The van der Waals surface area contributed by atoms with Gasteiger partial charge in [-0.3, -0.25) is 0 Å². The van der Waals surface area contributed by atoms with Gasteiger partial charge in [-0.2, -0.15) is 0 Å². The van der Waals surface area contributed by atoms with Crippen LogP contribution in [0.4, 0.5) is 0 Å². The first-order chi connectivity index (χ1) is 9.40. The van der Waals surface area contributed by atoms with E-state index in [1.165, 1.54) is 37.8 Å². The van der Waals surface area contributed by atoms with Gasteiger partial charge in [-0.15, -0.1) is 0 Å². The molecule has 1 N–H and O–H groups in total. The third-order valence-corrected chi connectivity index (χ3v) is 4.60. The lowest BCUT2D eigenvalue weighted by Crippen LogP contribution is -2.25. The number of ether oxygens (including phenoxy) is 2. The van der Waals surface area contributed by atoms with E-state index in [1.54, 1.807) is 0 Å². The van der Waals surface area contributed by atoms with Crippen molar-refractivity contribution >= 4 is 0 Å². The minimum atomic E-state index is 0.359. The van der Waals surface area contributed by atoms with E-state index in [4.69, 9.17) is 9.47 Å². The molecule has 0 bridgehead atoms. The van der Waals surface area contributed by atoms with Crippen LogP contribution in [-0.2, 0) is 6.54 Å². The predicted octanol–water partition coefficient (Wildman–Crippen LogP) is 2.94. The normalized spacial score (nSPS) is 21.1. The molecular weight excluding hydrogens is 238 g/mol. The van der Waals surface area contributed by atoms with Gasteiger partial charge in [0, 0.05) is 6.54 Å². The lowest BCUT2D eigenvalue weighted by atomic mass is 9.98. The lowest BCUT2D eigenvalue weighted by Gasteiger charge is -2.16. The molecule has 0 radical (unpaired) electrons. The van der Waals surface area contributed by atoms with Gasteiger partial charge >= 0.3 is 0 Å². The van der Waals surface area contributed by atoms with Crippen LogP contribution in [0.1, 0.15) is 31.2 Å². The molecule has 0 spiro atoms. The molecule has 102 valence electrons. The van der Waals surface area contributed by atoms with E-state index in [1.807, 2.05) is 6.07 Å². The average Bonchev–Trinajstić information content (AvgIpc) is 3.33. The van der Waals surface area contributed by atoms with Crippen molar-refractivity contribution in [3.63, 3.8) is 0 Å². The molecule has 3 aliphatic rings. The van der Waals surface area contributed by atoms with Crippen LogP contribution in [0.15, 0.2) is 18.2 Å². The smallest absolute Gasteiger partial charge is 0.231 e. The summed E-state index contributed by atoms with van der Waals surface area (Å²) in [5.74, 6) is 4.75. The quantitative estimate of drug-likeness (QED) is 0.852. The molecule has 2 saturated carbocycles. The van der Waals surface area contributed by atoms with Crippen LogP contribution >= 0.6 is 0 Å². The summed E-state index contributed by atoms with van der Waals surface area (Å²) in [6.45, 7) is 2.48. The van der Waals surface area contributed by atoms with Crippen LogP contribution in [0, 0.1) is 17.8 Å². The van der Waals surface area contributed by atoms with Gasteiger partial charge < -0.3 is 14.8 Å². The fourth-order valence-corrected chi connectivity index (χ4v) is 3.20. The van der Waals surface area contributed by atoms with Crippen molar-refractivity contribution in [2.45, 2.75) is 32.2 Å². The van der Waals surface area contributed by atoms with Crippen LogP contribution in [0.2, 0.25) is 0 Å². The first-order valence-electron chi connectivity index (χ1n) is 7.49. The minimum absolute atomic E-state index is 0.359. The Morgan fingerprint density at radius 1 is 1.05 bits per heavy atom. The number of hydrogen-bond acceptors (Lipinski definition) is 3. The summed E-state index contributed by atoms with van der Waals surface area (Å²) in [6, 6.07) is 6.24. The van der Waals surface area contributed by atoms with Crippen LogP contribution in [0.25, 0.3) is 0 Å². The van der Waals surface area contributed by atoms with E-state index in [9.17, 15) is 0 Å². The Labute approximate surface area is 114 Å². The molecule has 4 rings (SSSR count). The zero-order chi connectivity index (χ0) is 12.7. The van der Waals surface area contributed by atoms with Crippen molar-refractivity contribution in [2.75, 3.05) is 13.3 Å². The minimum Gasteiger partial charge on any atom is -0.454 e. The van der Waals surface area contributed by atoms with Gasteiger partial charge in [0.05, 0.1) is 0 Å². The molecule has 2 aliphatic carbocycles. The molecule has 1 aliphatic heterocycles. The van der Waals surface area contributed by atoms with E-state index in [2.05, 4.69) is 17.4 Å². The molecule has 0 saturated heterocycles. The van der Waals surface area contributed by atoms with Crippen LogP contribution in [0.3, 0.4) is 0 Å². The van der Waals surface area contributed by atoms with Crippen LogP contribution < -0.4 is 14.8 Å². The maximum absolute atomic E-state index is 5.41. The third-order valence-electron chi connectivity index (χ3n) is 4.60. The van der Waals surface area contributed by atoms with E-state index in [-0.39, 0.29) is 0 Å². The highest BCUT2D eigenvalue weighted by Gasteiger charge is 2.40. The number of hydrogen-bond donors (Lipinski definition) is 1. The number of rotatable bonds is 6. The van der Waals surface area contributed by atoms with E-state index in [0.29, 0.717) is 6.79 Å². The molecule has 1 aromatic rings.